The highest BCUT2D eigenvalue weighted by Crippen LogP contribution is 2.25. The van der Waals surface area contributed by atoms with Crippen molar-refractivity contribution in [3.05, 3.63) is 41.7 Å². The number of methoxy groups -OCH3 is 1. The van der Waals surface area contributed by atoms with Crippen LogP contribution in [0.5, 0.6) is 5.75 Å². The molecule has 1 aromatic heterocycles. The summed E-state index contributed by atoms with van der Waals surface area (Å²) in [6, 6.07) is 6.12. The second-order valence-corrected chi connectivity index (χ2v) is 4.08. The summed E-state index contributed by atoms with van der Waals surface area (Å²) in [6.07, 6.45) is 3.85. The van der Waals surface area contributed by atoms with Crippen LogP contribution in [0, 0.1) is 6.92 Å². The molecule has 0 fully saturated rings. The Kier molecular flexibility index (Phi) is 3.32. The molecular weight excluding hydrogens is 214 g/mol. The number of hydrogen-bond donors (Lipinski definition) is 1. The zero-order valence-corrected chi connectivity index (χ0v) is 10.4. The monoisotopic (exact) mass is 231 g/mol. The number of hydrogen-bond acceptors (Lipinski definition) is 3. The Labute approximate surface area is 101 Å². The van der Waals surface area contributed by atoms with Crippen molar-refractivity contribution < 1.29 is 4.74 Å². The minimum Gasteiger partial charge on any atom is -0.495 e. The smallest absolute Gasteiger partial charge is 0.142 e. The average molecular weight is 231 g/mol. The molecule has 1 N–H and O–H groups in total. The van der Waals surface area contributed by atoms with Crippen molar-refractivity contribution in [2.24, 2.45) is 7.05 Å². The number of rotatable bonds is 4. The molecule has 0 aliphatic heterocycles. The molecule has 0 aliphatic carbocycles. The molecule has 17 heavy (non-hydrogen) atoms. The molecule has 0 radical (unpaired) electrons. The van der Waals surface area contributed by atoms with E-state index in [2.05, 4.69) is 16.5 Å². The normalized spacial score (nSPS) is 10.3. The third-order valence-electron chi connectivity index (χ3n) is 2.60. The van der Waals surface area contributed by atoms with Gasteiger partial charge in [0.05, 0.1) is 19.0 Å². The fourth-order valence-corrected chi connectivity index (χ4v) is 1.70. The van der Waals surface area contributed by atoms with E-state index in [0.717, 1.165) is 23.5 Å². The van der Waals surface area contributed by atoms with E-state index in [1.54, 1.807) is 11.8 Å². The molecule has 1 aromatic carbocycles. The molecule has 0 aliphatic rings. The first-order valence-electron chi connectivity index (χ1n) is 5.55. The standard InChI is InChI=1S/C13H17N3O/c1-10-4-5-12(13(6-10)17-3)14-7-11-8-15-16(2)9-11/h4-6,8-9,14H,7H2,1-3H3. The van der Waals surface area contributed by atoms with Crippen LogP contribution in [-0.4, -0.2) is 16.9 Å². The summed E-state index contributed by atoms with van der Waals surface area (Å²) in [7, 11) is 3.60. The first-order valence-corrected chi connectivity index (χ1v) is 5.55. The summed E-state index contributed by atoms with van der Waals surface area (Å²) in [5.74, 6) is 0.869. The fraction of sp³-hybridized carbons (Fsp3) is 0.308. The van der Waals surface area contributed by atoms with E-state index >= 15 is 0 Å². The van der Waals surface area contributed by atoms with Gasteiger partial charge in [0.15, 0.2) is 0 Å². The number of aromatic nitrogens is 2. The maximum Gasteiger partial charge on any atom is 0.142 e. The van der Waals surface area contributed by atoms with Crippen LogP contribution >= 0.6 is 0 Å². The molecule has 0 spiro atoms. The van der Waals surface area contributed by atoms with Crippen LogP contribution in [0.15, 0.2) is 30.6 Å². The Bertz CT molecular complexity index is 505. The predicted octanol–water partition coefficient (Wildman–Crippen LogP) is 2.35. The van der Waals surface area contributed by atoms with E-state index in [4.69, 9.17) is 4.74 Å². The maximum absolute atomic E-state index is 5.34. The molecule has 1 heterocycles. The van der Waals surface area contributed by atoms with E-state index in [1.165, 1.54) is 5.56 Å². The highest BCUT2D eigenvalue weighted by atomic mass is 16.5. The largest absolute Gasteiger partial charge is 0.495 e. The van der Waals surface area contributed by atoms with Gasteiger partial charge < -0.3 is 10.1 Å². The first kappa shape index (κ1) is 11.5. The van der Waals surface area contributed by atoms with Gasteiger partial charge in [0.25, 0.3) is 0 Å². The van der Waals surface area contributed by atoms with E-state index in [1.807, 2.05) is 38.5 Å². The molecule has 4 heteroatoms. The molecule has 90 valence electrons. The summed E-state index contributed by atoms with van der Waals surface area (Å²) in [4.78, 5) is 0. The molecule has 4 nitrogen and oxygen atoms in total. The second kappa shape index (κ2) is 4.91. The molecule has 0 saturated heterocycles. The third kappa shape index (κ3) is 2.78. The predicted molar refractivity (Wildman–Crippen MR) is 68.3 cm³/mol. The van der Waals surface area contributed by atoms with Gasteiger partial charge in [0.1, 0.15) is 5.75 Å². The minimum absolute atomic E-state index is 0.743. The third-order valence-corrected chi connectivity index (χ3v) is 2.60. The van der Waals surface area contributed by atoms with Crippen LogP contribution in [0.3, 0.4) is 0 Å². The first-order chi connectivity index (χ1) is 8.19. The Balaban J connectivity index is 2.08. The van der Waals surface area contributed by atoms with Gasteiger partial charge in [0, 0.05) is 25.4 Å². The van der Waals surface area contributed by atoms with Crippen molar-refractivity contribution in [1.82, 2.24) is 9.78 Å². The summed E-state index contributed by atoms with van der Waals surface area (Å²) in [6.45, 7) is 2.79. The number of nitrogens with zero attached hydrogens (tertiary/aromatic N) is 2. The van der Waals surface area contributed by atoms with Crippen LogP contribution in [0.2, 0.25) is 0 Å². The maximum atomic E-state index is 5.34. The van der Waals surface area contributed by atoms with Gasteiger partial charge in [0.2, 0.25) is 0 Å². The van der Waals surface area contributed by atoms with Crippen molar-refractivity contribution in [2.45, 2.75) is 13.5 Å². The fourth-order valence-electron chi connectivity index (χ4n) is 1.70. The lowest BCUT2D eigenvalue weighted by Gasteiger charge is -2.10. The van der Waals surface area contributed by atoms with Gasteiger partial charge in [-0.2, -0.15) is 5.10 Å². The lowest BCUT2D eigenvalue weighted by atomic mass is 10.2. The van der Waals surface area contributed by atoms with Crippen molar-refractivity contribution in [2.75, 3.05) is 12.4 Å². The van der Waals surface area contributed by atoms with Crippen molar-refractivity contribution in [3.8, 4) is 5.75 Å². The molecule has 2 rings (SSSR count). The number of benzene rings is 1. The molecular formula is C13H17N3O. The summed E-state index contributed by atoms with van der Waals surface area (Å²) >= 11 is 0. The Morgan fingerprint density at radius 1 is 1.41 bits per heavy atom. The molecule has 0 atom stereocenters. The Hall–Kier alpha value is -1.97. The van der Waals surface area contributed by atoms with Gasteiger partial charge in [-0.3, -0.25) is 4.68 Å². The number of ether oxygens (including phenoxy) is 1. The lowest BCUT2D eigenvalue weighted by Crippen LogP contribution is -2.00. The second-order valence-electron chi connectivity index (χ2n) is 4.08. The quantitative estimate of drug-likeness (QED) is 0.878. The van der Waals surface area contributed by atoms with E-state index in [0.29, 0.717) is 0 Å². The van der Waals surface area contributed by atoms with E-state index in [-0.39, 0.29) is 0 Å². The van der Waals surface area contributed by atoms with Crippen LogP contribution in [-0.2, 0) is 13.6 Å². The SMILES string of the molecule is COc1cc(C)ccc1NCc1cnn(C)c1. The molecule has 2 aromatic rings. The van der Waals surface area contributed by atoms with Gasteiger partial charge >= 0.3 is 0 Å². The number of anilines is 1. The molecule has 0 saturated carbocycles. The highest BCUT2D eigenvalue weighted by molar-refractivity contribution is 5.57. The van der Waals surface area contributed by atoms with Gasteiger partial charge in [-0.15, -0.1) is 0 Å². The van der Waals surface area contributed by atoms with Gasteiger partial charge in [-0.1, -0.05) is 6.07 Å². The average Bonchev–Trinajstić information content (AvgIpc) is 2.73. The summed E-state index contributed by atoms with van der Waals surface area (Å²) in [5.41, 5.74) is 3.34. The Morgan fingerprint density at radius 3 is 2.88 bits per heavy atom. The van der Waals surface area contributed by atoms with Gasteiger partial charge in [-0.05, 0) is 24.6 Å². The van der Waals surface area contributed by atoms with E-state index < -0.39 is 0 Å². The van der Waals surface area contributed by atoms with E-state index in [9.17, 15) is 0 Å². The summed E-state index contributed by atoms with van der Waals surface area (Å²) < 4.78 is 7.13. The number of nitrogens with one attached hydrogen (secondary N) is 1. The zero-order chi connectivity index (χ0) is 12.3. The van der Waals surface area contributed by atoms with Crippen molar-refractivity contribution >= 4 is 5.69 Å². The lowest BCUT2D eigenvalue weighted by molar-refractivity contribution is 0.416. The molecule has 0 amide bonds. The Morgan fingerprint density at radius 2 is 2.24 bits per heavy atom. The zero-order valence-electron chi connectivity index (χ0n) is 10.4. The van der Waals surface area contributed by atoms with Crippen LogP contribution in [0.1, 0.15) is 11.1 Å². The van der Waals surface area contributed by atoms with Crippen LogP contribution < -0.4 is 10.1 Å². The van der Waals surface area contributed by atoms with Crippen molar-refractivity contribution in [1.29, 1.82) is 0 Å². The summed E-state index contributed by atoms with van der Waals surface area (Å²) in [5, 5.41) is 7.47. The van der Waals surface area contributed by atoms with Crippen LogP contribution in [0.4, 0.5) is 5.69 Å². The minimum atomic E-state index is 0.743. The van der Waals surface area contributed by atoms with Crippen LogP contribution in [0.25, 0.3) is 0 Å². The van der Waals surface area contributed by atoms with Gasteiger partial charge in [-0.25, -0.2) is 0 Å². The van der Waals surface area contributed by atoms with Crippen molar-refractivity contribution in [3.63, 3.8) is 0 Å². The molecule has 0 bridgehead atoms. The number of aryl methyl sites for hydroxylation is 2. The topological polar surface area (TPSA) is 39.1 Å². The molecule has 0 unspecified atom stereocenters. The highest BCUT2D eigenvalue weighted by Gasteiger charge is 2.03.